The first-order valence-corrected chi connectivity index (χ1v) is 12.2. The second kappa shape index (κ2) is 11.7. The van der Waals surface area contributed by atoms with Crippen molar-refractivity contribution in [1.29, 1.82) is 0 Å². The van der Waals surface area contributed by atoms with Gasteiger partial charge < -0.3 is 28.6 Å². The normalized spacial score (nSPS) is 16.6. The minimum atomic E-state index is -0.691. The van der Waals surface area contributed by atoms with E-state index in [0.717, 1.165) is 36.9 Å². The molecule has 8 heteroatoms. The van der Waals surface area contributed by atoms with Crippen molar-refractivity contribution in [3.63, 3.8) is 0 Å². The van der Waals surface area contributed by atoms with Gasteiger partial charge >= 0.3 is 6.09 Å². The highest BCUT2D eigenvalue weighted by molar-refractivity contribution is 5.86. The highest BCUT2D eigenvalue weighted by atomic mass is 16.6. The standard InChI is InChI=1S/C26H39N3O5/c1-6-27(24(30)23-19-29(14-16-33-23)25(31)34-26(2,3)4)17-20-18-28(13-9-10-15-32-5)22-12-8-7-11-21(20)22/h7-8,11-12,18,23H,6,9-10,13-17,19H2,1-5H3. The molecule has 0 spiro atoms. The fraction of sp³-hybridized carbons (Fsp3) is 0.615. The van der Waals surface area contributed by atoms with Crippen LogP contribution in [0.4, 0.5) is 4.79 Å². The van der Waals surface area contributed by atoms with Gasteiger partial charge in [0.25, 0.3) is 5.91 Å². The summed E-state index contributed by atoms with van der Waals surface area (Å²) in [6, 6.07) is 8.30. The number of fused-ring (bicyclic) bond motifs is 1. The maximum atomic E-state index is 13.4. The second-order valence-corrected chi connectivity index (χ2v) is 9.70. The molecule has 0 bridgehead atoms. The zero-order valence-corrected chi connectivity index (χ0v) is 21.2. The van der Waals surface area contributed by atoms with Crippen molar-refractivity contribution in [3.8, 4) is 0 Å². The Hall–Kier alpha value is -2.58. The molecule has 1 aliphatic heterocycles. The molecule has 1 aromatic carbocycles. The van der Waals surface area contributed by atoms with Gasteiger partial charge in [-0.05, 0) is 52.2 Å². The van der Waals surface area contributed by atoms with Gasteiger partial charge in [0.15, 0.2) is 6.10 Å². The molecule has 0 radical (unpaired) electrons. The topological polar surface area (TPSA) is 73.2 Å². The third-order valence-electron chi connectivity index (χ3n) is 5.92. The summed E-state index contributed by atoms with van der Waals surface area (Å²) in [7, 11) is 1.72. The molecule has 1 aromatic heterocycles. The van der Waals surface area contributed by atoms with E-state index in [1.807, 2.05) is 39.8 Å². The molecule has 1 saturated heterocycles. The van der Waals surface area contributed by atoms with Crippen molar-refractivity contribution in [3.05, 3.63) is 36.0 Å². The van der Waals surface area contributed by atoms with E-state index in [1.165, 1.54) is 5.52 Å². The minimum Gasteiger partial charge on any atom is -0.444 e. The Morgan fingerprint density at radius 2 is 1.97 bits per heavy atom. The molecule has 1 aliphatic rings. The van der Waals surface area contributed by atoms with Crippen molar-refractivity contribution >= 4 is 22.9 Å². The molecule has 2 heterocycles. The average molecular weight is 474 g/mol. The fourth-order valence-electron chi connectivity index (χ4n) is 4.21. The van der Waals surface area contributed by atoms with Crippen LogP contribution in [0.3, 0.4) is 0 Å². The molecule has 1 unspecified atom stereocenters. The molecule has 3 rings (SSSR count). The van der Waals surface area contributed by atoms with Crippen LogP contribution in [0.1, 0.15) is 46.1 Å². The van der Waals surface area contributed by atoms with Gasteiger partial charge in [0.05, 0.1) is 13.2 Å². The van der Waals surface area contributed by atoms with Crippen LogP contribution in [0.15, 0.2) is 30.5 Å². The van der Waals surface area contributed by atoms with Crippen LogP contribution in [0.5, 0.6) is 0 Å². The Labute approximate surface area is 202 Å². The smallest absolute Gasteiger partial charge is 0.410 e. The molecule has 2 amide bonds. The highest BCUT2D eigenvalue weighted by Gasteiger charge is 2.34. The minimum absolute atomic E-state index is 0.104. The van der Waals surface area contributed by atoms with E-state index in [4.69, 9.17) is 14.2 Å². The number of amides is 2. The SMILES string of the molecule is CCN(Cc1cn(CCCCOC)c2ccccc12)C(=O)C1CN(C(=O)OC(C)(C)C)CCO1. The van der Waals surface area contributed by atoms with E-state index in [0.29, 0.717) is 26.2 Å². The van der Waals surface area contributed by atoms with E-state index >= 15 is 0 Å². The third-order valence-corrected chi connectivity index (χ3v) is 5.92. The van der Waals surface area contributed by atoms with E-state index in [9.17, 15) is 9.59 Å². The van der Waals surface area contributed by atoms with Gasteiger partial charge in [-0.2, -0.15) is 0 Å². The number of ether oxygens (including phenoxy) is 3. The lowest BCUT2D eigenvalue weighted by Crippen LogP contribution is -2.53. The monoisotopic (exact) mass is 473 g/mol. The summed E-state index contributed by atoms with van der Waals surface area (Å²) in [5.41, 5.74) is 1.70. The van der Waals surface area contributed by atoms with E-state index in [-0.39, 0.29) is 12.5 Å². The second-order valence-electron chi connectivity index (χ2n) is 9.70. The molecule has 0 aliphatic carbocycles. The number of methoxy groups -OCH3 is 1. The van der Waals surface area contributed by atoms with Gasteiger partial charge in [-0.25, -0.2) is 4.79 Å². The number of carbonyl (C=O) groups is 2. The van der Waals surface area contributed by atoms with Gasteiger partial charge in [-0.15, -0.1) is 0 Å². The van der Waals surface area contributed by atoms with Gasteiger partial charge in [0.2, 0.25) is 0 Å². The zero-order valence-electron chi connectivity index (χ0n) is 21.2. The Bertz CT molecular complexity index is 965. The predicted molar refractivity (Wildman–Crippen MR) is 132 cm³/mol. The lowest BCUT2D eigenvalue weighted by molar-refractivity contribution is -0.149. The zero-order chi connectivity index (χ0) is 24.7. The van der Waals surface area contributed by atoms with Crippen LogP contribution in [0.25, 0.3) is 10.9 Å². The number of hydrogen-bond acceptors (Lipinski definition) is 5. The number of carbonyl (C=O) groups excluding carboxylic acids is 2. The first kappa shape index (κ1) is 26.0. The lowest BCUT2D eigenvalue weighted by atomic mass is 10.1. The number of aromatic nitrogens is 1. The Balaban J connectivity index is 1.70. The number of hydrogen-bond donors (Lipinski definition) is 0. The molecule has 0 saturated carbocycles. The Morgan fingerprint density at radius 3 is 2.68 bits per heavy atom. The van der Waals surface area contributed by atoms with E-state index < -0.39 is 17.8 Å². The van der Waals surface area contributed by atoms with Crippen molar-refractivity contribution in [1.82, 2.24) is 14.4 Å². The van der Waals surface area contributed by atoms with Crippen LogP contribution < -0.4 is 0 Å². The van der Waals surface area contributed by atoms with Crippen LogP contribution in [0, 0.1) is 0 Å². The number of morpholine rings is 1. The molecule has 1 atom stereocenters. The molecular weight excluding hydrogens is 434 g/mol. The molecule has 8 nitrogen and oxygen atoms in total. The van der Waals surface area contributed by atoms with Gasteiger partial charge in [0.1, 0.15) is 5.60 Å². The molecule has 188 valence electrons. The maximum Gasteiger partial charge on any atom is 0.410 e. The van der Waals surface area contributed by atoms with Crippen molar-refractivity contribution in [2.45, 2.75) is 65.3 Å². The summed E-state index contributed by atoms with van der Waals surface area (Å²) >= 11 is 0. The number of rotatable bonds is 9. The van der Waals surface area contributed by atoms with E-state index in [1.54, 1.807) is 16.9 Å². The Morgan fingerprint density at radius 1 is 1.21 bits per heavy atom. The average Bonchev–Trinajstić information content (AvgIpc) is 3.16. The largest absolute Gasteiger partial charge is 0.444 e. The lowest BCUT2D eigenvalue weighted by Gasteiger charge is -2.35. The third kappa shape index (κ3) is 6.73. The molecular formula is C26H39N3O5. The summed E-state index contributed by atoms with van der Waals surface area (Å²) in [4.78, 5) is 29.2. The quantitative estimate of drug-likeness (QED) is 0.514. The number of nitrogens with zero attached hydrogens (tertiary/aromatic N) is 3. The van der Waals surface area contributed by atoms with Crippen molar-refractivity contribution in [2.24, 2.45) is 0 Å². The highest BCUT2D eigenvalue weighted by Crippen LogP contribution is 2.24. The van der Waals surface area contributed by atoms with Crippen molar-refractivity contribution < 1.29 is 23.8 Å². The Kier molecular flexibility index (Phi) is 8.97. The summed E-state index contributed by atoms with van der Waals surface area (Å²) in [5, 5.41) is 1.15. The molecule has 0 N–H and O–H groups in total. The van der Waals surface area contributed by atoms with Gasteiger partial charge in [-0.1, -0.05) is 18.2 Å². The van der Waals surface area contributed by atoms with Gasteiger partial charge in [0, 0.05) is 57.0 Å². The fourth-order valence-corrected chi connectivity index (χ4v) is 4.21. The van der Waals surface area contributed by atoms with Gasteiger partial charge in [-0.3, -0.25) is 4.79 Å². The summed E-state index contributed by atoms with van der Waals surface area (Å²) < 4.78 is 18.7. The number of benzene rings is 1. The predicted octanol–water partition coefficient (Wildman–Crippen LogP) is 4.05. The van der Waals surface area contributed by atoms with Crippen LogP contribution in [0.2, 0.25) is 0 Å². The maximum absolute atomic E-state index is 13.4. The number of para-hydroxylation sites is 1. The molecule has 2 aromatic rings. The molecule has 34 heavy (non-hydrogen) atoms. The van der Waals surface area contributed by atoms with Crippen LogP contribution in [-0.4, -0.2) is 78.0 Å². The first-order valence-electron chi connectivity index (χ1n) is 12.2. The summed E-state index contributed by atoms with van der Waals surface area (Å²) in [6.07, 6.45) is 3.09. The number of unbranched alkanes of at least 4 members (excludes halogenated alkanes) is 1. The summed E-state index contributed by atoms with van der Waals surface area (Å²) in [6.45, 7) is 11.1. The van der Waals surface area contributed by atoms with E-state index in [2.05, 4.69) is 22.9 Å². The number of likely N-dealkylation sites (N-methyl/N-ethyl adjacent to an activating group) is 1. The first-order chi connectivity index (χ1) is 16.2. The van der Waals surface area contributed by atoms with Crippen molar-refractivity contribution in [2.75, 3.05) is 40.0 Å². The molecule has 1 fully saturated rings. The number of aryl methyl sites for hydroxylation is 1. The van der Waals surface area contributed by atoms with Crippen LogP contribution in [-0.2, 0) is 32.1 Å². The summed E-state index contributed by atoms with van der Waals surface area (Å²) in [5.74, 6) is -0.104. The van der Waals surface area contributed by atoms with Crippen LogP contribution >= 0.6 is 0 Å².